The summed E-state index contributed by atoms with van der Waals surface area (Å²) in [5.41, 5.74) is 9.74. The summed E-state index contributed by atoms with van der Waals surface area (Å²) in [6.07, 6.45) is 7.91. The average molecular weight is 568 g/mol. The minimum Gasteiger partial charge on any atom is -0.309 e. The van der Waals surface area contributed by atoms with Crippen molar-refractivity contribution in [3.63, 3.8) is 0 Å². The molecule has 44 heavy (non-hydrogen) atoms. The van der Waals surface area contributed by atoms with E-state index in [1.165, 1.54) is 32.8 Å². The van der Waals surface area contributed by atoms with Crippen molar-refractivity contribution >= 4 is 38.8 Å². The van der Waals surface area contributed by atoms with Gasteiger partial charge in [0.05, 0.1) is 22.2 Å². The van der Waals surface area contributed by atoms with Crippen molar-refractivity contribution in [1.82, 2.24) is 24.1 Å². The molecule has 0 saturated carbocycles. The standard InChI is InChI=1S/C39H29N5/c1-3-11-30-26(2)43(38-25-34(27-20-22-40-23-21-27)41-39(42-38)28-12-5-4-6-13-28)37-19-18-29(24-33(30)37)44-35-16-9-7-14-31(35)32-15-8-10-17-36(32)44/h3-25H,1-2H3/b11-3-. The number of para-hydroxylation sites is 2. The maximum Gasteiger partial charge on any atom is 0.162 e. The zero-order valence-corrected chi connectivity index (χ0v) is 24.5. The van der Waals surface area contributed by atoms with Crippen molar-refractivity contribution in [2.75, 3.05) is 0 Å². The lowest BCUT2D eigenvalue weighted by atomic mass is 10.1. The molecule has 0 aliphatic rings. The fourth-order valence-corrected chi connectivity index (χ4v) is 6.38. The first-order valence-electron chi connectivity index (χ1n) is 14.8. The second kappa shape index (κ2) is 10.5. The molecule has 8 aromatic rings. The number of fused-ring (bicyclic) bond motifs is 4. The van der Waals surface area contributed by atoms with Crippen LogP contribution >= 0.6 is 0 Å². The number of nitrogens with zero attached hydrogens (tertiary/aromatic N) is 5. The van der Waals surface area contributed by atoms with Crippen molar-refractivity contribution < 1.29 is 0 Å². The van der Waals surface area contributed by atoms with E-state index in [0.29, 0.717) is 5.82 Å². The highest BCUT2D eigenvalue weighted by Crippen LogP contribution is 2.36. The lowest BCUT2D eigenvalue weighted by Crippen LogP contribution is -2.04. The fraction of sp³-hybridized carbons (Fsp3) is 0.0513. The van der Waals surface area contributed by atoms with Crippen molar-refractivity contribution in [2.45, 2.75) is 13.8 Å². The molecule has 0 saturated heterocycles. The Bertz CT molecular complexity index is 2230. The van der Waals surface area contributed by atoms with Crippen LogP contribution in [0.2, 0.25) is 0 Å². The molecular formula is C39H29N5. The third-order valence-electron chi connectivity index (χ3n) is 8.36. The molecule has 210 valence electrons. The highest BCUT2D eigenvalue weighted by molar-refractivity contribution is 6.09. The smallest absolute Gasteiger partial charge is 0.162 e. The van der Waals surface area contributed by atoms with Gasteiger partial charge >= 0.3 is 0 Å². The molecule has 5 heteroatoms. The number of pyridine rings is 1. The molecular weight excluding hydrogens is 538 g/mol. The van der Waals surface area contributed by atoms with Crippen molar-refractivity contribution in [3.05, 3.63) is 145 Å². The number of rotatable bonds is 5. The Morgan fingerprint density at radius 3 is 1.95 bits per heavy atom. The third-order valence-corrected chi connectivity index (χ3v) is 8.36. The van der Waals surface area contributed by atoms with Crippen LogP contribution in [0.5, 0.6) is 0 Å². The summed E-state index contributed by atoms with van der Waals surface area (Å²) in [6.45, 7) is 4.24. The lowest BCUT2D eigenvalue weighted by molar-refractivity contribution is 0.976. The first-order valence-corrected chi connectivity index (χ1v) is 14.8. The van der Waals surface area contributed by atoms with Gasteiger partial charge in [-0.1, -0.05) is 78.9 Å². The van der Waals surface area contributed by atoms with Gasteiger partial charge in [0, 0.05) is 62.7 Å². The molecule has 5 nitrogen and oxygen atoms in total. The highest BCUT2D eigenvalue weighted by atomic mass is 15.1. The van der Waals surface area contributed by atoms with Gasteiger partial charge < -0.3 is 4.57 Å². The summed E-state index contributed by atoms with van der Waals surface area (Å²) in [7, 11) is 0. The molecule has 0 N–H and O–H groups in total. The number of hydrogen-bond donors (Lipinski definition) is 0. The molecule has 8 rings (SSSR count). The number of allylic oxidation sites excluding steroid dienone is 1. The summed E-state index contributed by atoms with van der Waals surface area (Å²) in [4.78, 5) is 14.4. The largest absolute Gasteiger partial charge is 0.309 e. The minimum atomic E-state index is 0.686. The monoisotopic (exact) mass is 567 g/mol. The van der Waals surface area contributed by atoms with E-state index in [0.717, 1.165) is 39.5 Å². The van der Waals surface area contributed by atoms with E-state index in [4.69, 9.17) is 9.97 Å². The molecule has 0 spiro atoms. The normalized spacial score (nSPS) is 11.8. The molecule has 0 radical (unpaired) electrons. The number of aromatic nitrogens is 5. The van der Waals surface area contributed by atoms with Crippen LogP contribution < -0.4 is 0 Å². The summed E-state index contributed by atoms with van der Waals surface area (Å²) in [6, 6.07) is 40.3. The van der Waals surface area contributed by atoms with E-state index in [1.807, 2.05) is 30.3 Å². The first-order chi connectivity index (χ1) is 21.7. The average Bonchev–Trinajstić information content (AvgIpc) is 3.56. The zero-order valence-electron chi connectivity index (χ0n) is 24.5. The summed E-state index contributed by atoms with van der Waals surface area (Å²) < 4.78 is 4.63. The predicted molar refractivity (Wildman–Crippen MR) is 181 cm³/mol. The molecule has 0 unspecified atom stereocenters. The Morgan fingerprint density at radius 1 is 0.591 bits per heavy atom. The topological polar surface area (TPSA) is 48.5 Å². The molecule has 4 aromatic heterocycles. The van der Waals surface area contributed by atoms with Gasteiger partial charge in [-0.05, 0) is 56.3 Å². The van der Waals surface area contributed by atoms with Crippen LogP contribution in [-0.2, 0) is 0 Å². The molecule has 0 aliphatic heterocycles. The van der Waals surface area contributed by atoms with Crippen molar-refractivity contribution in [1.29, 1.82) is 0 Å². The van der Waals surface area contributed by atoms with Gasteiger partial charge in [-0.2, -0.15) is 0 Å². The Hall–Kier alpha value is -5.81. The molecule has 0 aliphatic carbocycles. The van der Waals surface area contributed by atoms with Crippen LogP contribution in [0, 0.1) is 6.92 Å². The Balaban J connectivity index is 1.39. The van der Waals surface area contributed by atoms with E-state index in [1.54, 1.807) is 12.4 Å². The minimum absolute atomic E-state index is 0.686. The molecule has 4 aromatic carbocycles. The Kier molecular flexibility index (Phi) is 6.16. The van der Waals surface area contributed by atoms with Gasteiger partial charge in [0.2, 0.25) is 0 Å². The fourth-order valence-electron chi connectivity index (χ4n) is 6.38. The SMILES string of the molecule is C/C=C\c1c(C)n(-c2cc(-c3ccncc3)nc(-c3ccccc3)n2)c2ccc(-n3c4ccccc4c4ccccc43)cc12. The van der Waals surface area contributed by atoms with Crippen LogP contribution in [0.25, 0.3) is 72.9 Å². The number of benzene rings is 4. The van der Waals surface area contributed by atoms with Crippen LogP contribution in [0.1, 0.15) is 18.2 Å². The summed E-state index contributed by atoms with van der Waals surface area (Å²) in [5.74, 6) is 1.51. The van der Waals surface area contributed by atoms with E-state index in [2.05, 4.69) is 125 Å². The molecule has 4 heterocycles. The van der Waals surface area contributed by atoms with E-state index < -0.39 is 0 Å². The second-order valence-electron chi connectivity index (χ2n) is 10.9. The maximum atomic E-state index is 5.14. The summed E-state index contributed by atoms with van der Waals surface area (Å²) >= 11 is 0. The quantitative estimate of drug-likeness (QED) is 0.208. The van der Waals surface area contributed by atoms with Gasteiger partial charge in [0.1, 0.15) is 5.82 Å². The molecule has 0 atom stereocenters. The van der Waals surface area contributed by atoms with E-state index >= 15 is 0 Å². The first kappa shape index (κ1) is 25.9. The lowest BCUT2D eigenvalue weighted by Gasteiger charge is -2.13. The maximum absolute atomic E-state index is 5.14. The van der Waals surface area contributed by atoms with Gasteiger partial charge in [0.25, 0.3) is 0 Å². The molecule has 0 amide bonds. The van der Waals surface area contributed by atoms with Crippen molar-refractivity contribution in [2.24, 2.45) is 0 Å². The highest BCUT2D eigenvalue weighted by Gasteiger charge is 2.19. The molecule has 0 fully saturated rings. The Labute approximate surface area is 255 Å². The summed E-state index contributed by atoms with van der Waals surface area (Å²) in [5, 5.41) is 3.68. The van der Waals surface area contributed by atoms with Crippen LogP contribution in [0.4, 0.5) is 0 Å². The van der Waals surface area contributed by atoms with E-state index in [9.17, 15) is 0 Å². The zero-order chi connectivity index (χ0) is 29.6. The van der Waals surface area contributed by atoms with Crippen LogP contribution in [0.3, 0.4) is 0 Å². The van der Waals surface area contributed by atoms with Gasteiger partial charge in [-0.25, -0.2) is 9.97 Å². The second-order valence-corrected chi connectivity index (χ2v) is 10.9. The predicted octanol–water partition coefficient (Wildman–Crippen LogP) is 9.59. The van der Waals surface area contributed by atoms with Gasteiger partial charge in [-0.3, -0.25) is 9.55 Å². The van der Waals surface area contributed by atoms with E-state index in [-0.39, 0.29) is 0 Å². The van der Waals surface area contributed by atoms with Gasteiger partial charge in [0.15, 0.2) is 5.82 Å². The van der Waals surface area contributed by atoms with Crippen molar-refractivity contribution in [3.8, 4) is 34.2 Å². The number of hydrogen-bond acceptors (Lipinski definition) is 3. The van der Waals surface area contributed by atoms with Crippen LogP contribution in [0.15, 0.2) is 134 Å². The van der Waals surface area contributed by atoms with Gasteiger partial charge in [-0.15, -0.1) is 0 Å². The Morgan fingerprint density at radius 2 is 1.25 bits per heavy atom. The third kappa shape index (κ3) is 4.13. The molecule has 0 bridgehead atoms. The van der Waals surface area contributed by atoms with Crippen LogP contribution in [-0.4, -0.2) is 24.1 Å².